The molecular weight excluding hydrogens is 322 g/mol. The minimum Gasteiger partial charge on any atom is -0.394 e. The third-order valence-electron chi connectivity index (χ3n) is 4.81. The molecule has 3 rings (SSSR count). The van der Waals surface area contributed by atoms with Crippen LogP contribution in [0.3, 0.4) is 0 Å². The molecule has 2 aromatic rings. The van der Waals surface area contributed by atoms with Crippen molar-refractivity contribution < 1.29 is 14.6 Å². The number of nitrogens with one attached hydrogen (secondary N) is 1. The van der Waals surface area contributed by atoms with Crippen LogP contribution in [0.1, 0.15) is 17.3 Å². The van der Waals surface area contributed by atoms with Gasteiger partial charge in [-0.05, 0) is 26.1 Å². The minimum absolute atomic E-state index is 0.101. The first-order valence-electron chi connectivity index (χ1n) is 8.21. The Hall–Kier alpha value is -2.29. The number of ether oxygens (including phenoxy) is 1. The first-order chi connectivity index (χ1) is 12.1. The van der Waals surface area contributed by atoms with Crippen LogP contribution in [0.2, 0.25) is 0 Å². The Bertz CT molecular complexity index is 721. The second-order valence-electron chi connectivity index (χ2n) is 6.38. The van der Waals surface area contributed by atoms with E-state index in [2.05, 4.69) is 20.3 Å². The Morgan fingerprint density at radius 1 is 1.52 bits per heavy atom. The molecule has 3 heterocycles. The summed E-state index contributed by atoms with van der Waals surface area (Å²) in [6.45, 7) is 3.19. The number of carbonyl (C=O) groups excluding carboxylic acids is 1. The smallest absolute Gasteiger partial charge is 0.253 e. The third kappa shape index (κ3) is 3.41. The molecule has 0 saturated carbocycles. The molecule has 25 heavy (non-hydrogen) atoms. The van der Waals surface area contributed by atoms with Crippen LogP contribution in [0.4, 0.5) is 0 Å². The average molecular weight is 345 g/mol. The van der Waals surface area contributed by atoms with Crippen LogP contribution in [0.5, 0.6) is 0 Å². The first-order valence-corrected chi connectivity index (χ1v) is 8.21. The number of carbonyl (C=O) groups is 1. The van der Waals surface area contributed by atoms with Gasteiger partial charge < -0.3 is 15.2 Å². The number of amides is 1. The number of hydrogen-bond donors (Lipinski definition) is 2. The normalized spacial score (nSPS) is 24.2. The summed E-state index contributed by atoms with van der Waals surface area (Å²) in [5.41, 5.74) is 0.440. The Morgan fingerprint density at radius 2 is 2.36 bits per heavy atom. The van der Waals surface area contributed by atoms with E-state index in [1.807, 2.05) is 14.0 Å². The molecule has 2 N–H and O–H groups in total. The quantitative estimate of drug-likeness (QED) is 0.797. The van der Waals surface area contributed by atoms with E-state index in [4.69, 9.17) is 4.74 Å². The van der Waals surface area contributed by atoms with E-state index in [1.54, 1.807) is 41.6 Å². The topological polar surface area (TPSA) is 92.5 Å². The summed E-state index contributed by atoms with van der Waals surface area (Å²) in [6, 6.07) is 3.60. The van der Waals surface area contributed by atoms with Crippen molar-refractivity contribution in [1.82, 2.24) is 25.0 Å². The summed E-state index contributed by atoms with van der Waals surface area (Å²) in [5, 5.41) is 17.0. The maximum absolute atomic E-state index is 12.7. The molecule has 0 spiro atoms. The summed E-state index contributed by atoms with van der Waals surface area (Å²) < 4.78 is 7.20. The number of likely N-dealkylation sites (N-methyl/N-ethyl adjacent to an activating group) is 1. The summed E-state index contributed by atoms with van der Waals surface area (Å²) >= 11 is 0. The molecule has 0 aliphatic carbocycles. The van der Waals surface area contributed by atoms with E-state index in [0.29, 0.717) is 24.5 Å². The number of rotatable bonds is 5. The highest BCUT2D eigenvalue weighted by Gasteiger charge is 2.40. The number of nitrogens with zero attached hydrogens (tertiary/aromatic N) is 4. The predicted octanol–water partition coefficient (Wildman–Crippen LogP) is 0.0787. The van der Waals surface area contributed by atoms with Gasteiger partial charge in [-0.2, -0.15) is 5.10 Å². The van der Waals surface area contributed by atoms with Crippen LogP contribution >= 0.6 is 0 Å². The van der Waals surface area contributed by atoms with Crippen LogP contribution in [-0.4, -0.2) is 75.7 Å². The minimum atomic E-state index is -0.633. The van der Waals surface area contributed by atoms with Gasteiger partial charge in [0.05, 0.1) is 42.8 Å². The van der Waals surface area contributed by atoms with Crippen LogP contribution in [0.25, 0.3) is 5.69 Å². The molecule has 0 unspecified atom stereocenters. The van der Waals surface area contributed by atoms with Crippen molar-refractivity contribution in [3.05, 3.63) is 42.5 Å². The fraction of sp³-hybridized carbons (Fsp3) is 0.471. The molecule has 1 fully saturated rings. The molecule has 0 aromatic carbocycles. The lowest BCUT2D eigenvalue weighted by Crippen LogP contribution is -2.65. The highest BCUT2D eigenvalue weighted by molar-refractivity contribution is 5.97. The second kappa shape index (κ2) is 7.30. The van der Waals surface area contributed by atoms with E-state index in [1.165, 1.54) is 0 Å². The Balaban J connectivity index is 1.77. The first kappa shape index (κ1) is 17.5. The van der Waals surface area contributed by atoms with Crippen molar-refractivity contribution in [2.45, 2.75) is 18.5 Å². The van der Waals surface area contributed by atoms with Crippen LogP contribution < -0.4 is 5.32 Å². The zero-order valence-electron chi connectivity index (χ0n) is 14.4. The van der Waals surface area contributed by atoms with Crippen LogP contribution in [0.15, 0.2) is 36.9 Å². The van der Waals surface area contributed by atoms with Gasteiger partial charge in [0.2, 0.25) is 0 Å². The maximum Gasteiger partial charge on any atom is 0.253 e. The van der Waals surface area contributed by atoms with Gasteiger partial charge in [-0.15, -0.1) is 0 Å². The van der Waals surface area contributed by atoms with Gasteiger partial charge in [0.1, 0.15) is 0 Å². The lowest BCUT2D eigenvalue weighted by molar-refractivity contribution is -0.105. The van der Waals surface area contributed by atoms with E-state index in [9.17, 15) is 9.90 Å². The van der Waals surface area contributed by atoms with Gasteiger partial charge in [-0.1, -0.05) is 0 Å². The van der Waals surface area contributed by atoms with Crippen molar-refractivity contribution in [2.75, 3.05) is 33.4 Å². The average Bonchev–Trinajstić information content (AvgIpc) is 3.17. The van der Waals surface area contributed by atoms with Crippen molar-refractivity contribution in [3.8, 4) is 5.69 Å². The van der Waals surface area contributed by atoms with Gasteiger partial charge in [0.25, 0.3) is 5.91 Å². The molecule has 2 aromatic heterocycles. The highest BCUT2D eigenvalue weighted by atomic mass is 16.5. The maximum atomic E-state index is 12.7. The van der Waals surface area contributed by atoms with Gasteiger partial charge in [-0.25, -0.2) is 4.68 Å². The van der Waals surface area contributed by atoms with Crippen molar-refractivity contribution in [3.63, 3.8) is 0 Å². The fourth-order valence-corrected chi connectivity index (χ4v) is 3.00. The molecule has 0 radical (unpaired) electrons. The molecule has 0 bridgehead atoms. The monoisotopic (exact) mass is 345 g/mol. The third-order valence-corrected chi connectivity index (χ3v) is 4.81. The number of aliphatic hydroxyl groups excluding tert-OH is 1. The zero-order chi connectivity index (χ0) is 17.9. The molecule has 2 atom stereocenters. The molecule has 1 aliphatic rings. The molecule has 134 valence electrons. The molecule has 1 aliphatic heterocycles. The lowest BCUT2D eigenvalue weighted by Gasteiger charge is -2.47. The predicted molar refractivity (Wildman–Crippen MR) is 91.6 cm³/mol. The molecular formula is C17H23N5O3. The highest BCUT2D eigenvalue weighted by Crippen LogP contribution is 2.22. The molecule has 8 heteroatoms. The van der Waals surface area contributed by atoms with E-state index < -0.39 is 5.54 Å². The Labute approximate surface area is 146 Å². The zero-order valence-corrected chi connectivity index (χ0v) is 14.4. The van der Waals surface area contributed by atoms with E-state index in [0.717, 1.165) is 0 Å². The van der Waals surface area contributed by atoms with Crippen molar-refractivity contribution in [1.29, 1.82) is 0 Å². The number of morpholine rings is 1. The largest absolute Gasteiger partial charge is 0.394 e. The van der Waals surface area contributed by atoms with Crippen LogP contribution in [0, 0.1) is 0 Å². The molecule has 1 amide bonds. The van der Waals surface area contributed by atoms with E-state index in [-0.39, 0.29) is 25.1 Å². The van der Waals surface area contributed by atoms with Gasteiger partial charge >= 0.3 is 0 Å². The Morgan fingerprint density at radius 3 is 3.08 bits per heavy atom. The van der Waals surface area contributed by atoms with Gasteiger partial charge in [0.15, 0.2) is 0 Å². The fourth-order valence-electron chi connectivity index (χ4n) is 3.00. The number of pyridine rings is 1. The standard InChI is InChI=1S/C17H23N5O3/c1-13-9-25-12-17(11-23,21(13)2)10-19-16(24)14-4-6-18-8-15(14)22-7-3-5-20-22/h3-8,13,23H,9-12H2,1-2H3,(H,19,24)/t13-,17+/m1/s1. The lowest BCUT2D eigenvalue weighted by atomic mass is 9.96. The van der Waals surface area contributed by atoms with Gasteiger partial charge in [-0.3, -0.25) is 14.7 Å². The SMILES string of the molecule is C[C@@H]1COC[C@@](CO)(CNC(=O)c2ccncc2-n2cccn2)N1C. The number of aliphatic hydroxyl groups is 1. The summed E-state index contributed by atoms with van der Waals surface area (Å²) in [7, 11) is 1.94. The van der Waals surface area contributed by atoms with E-state index >= 15 is 0 Å². The second-order valence-corrected chi connectivity index (χ2v) is 6.38. The molecule has 1 saturated heterocycles. The summed E-state index contributed by atoms with van der Waals surface area (Å²) in [4.78, 5) is 18.9. The summed E-state index contributed by atoms with van der Waals surface area (Å²) in [6.07, 6.45) is 6.57. The number of aromatic nitrogens is 3. The molecule has 8 nitrogen and oxygen atoms in total. The van der Waals surface area contributed by atoms with Crippen molar-refractivity contribution in [2.24, 2.45) is 0 Å². The Kier molecular flexibility index (Phi) is 5.12. The van der Waals surface area contributed by atoms with Gasteiger partial charge in [0, 0.05) is 31.2 Å². The van der Waals surface area contributed by atoms with Crippen molar-refractivity contribution >= 4 is 5.91 Å². The number of hydrogen-bond acceptors (Lipinski definition) is 6. The van der Waals surface area contributed by atoms with Crippen LogP contribution in [-0.2, 0) is 4.74 Å². The summed E-state index contributed by atoms with van der Waals surface area (Å²) in [5.74, 6) is -0.243.